The van der Waals surface area contributed by atoms with Crippen LogP contribution >= 0.6 is 15.9 Å². The Balaban J connectivity index is 2.26. The molecule has 1 atom stereocenters. The molecule has 0 saturated carbocycles. The maximum Gasteiger partial charge on any atom is 0.263 e. The molecule has 7 heteroatoms. The standard InChI is InChI=1S/C14H16BrN3O2S/c1-10(16-2)11-5-7-12(8-6-11)21(19,20)18-14-13(15)4-3-9-17-14/h3-10,16H,1-2H3,(H,17,18). The van der Waals surface area contributed by atoms with E-state index < -0.39 is 10.0 Å². The summed E-state index contributed by atoms with van der Waals surface area (Å²) >= 11 is 3.26. The van der Waals surface area contributed by atoms with E-state index in [4.69, 9.17) is 0 Å². The summed E-state index contributed by atoms with van der Waals surface area (Å²) in [4.78, 5) is 4.20. The number of aromatic nitrogens is 1. The number of sulfonamides is 1. The van der Waals surface area contributed by atoms with E-state index in [-0.39, 0.29) is 16.8 Å². The van der Waals surface area contributed by atoms with Crippen molar-refractivity contribution in [3.8, 4) is 0 Å². The molecule has 2 N–H and O–H groups in total. The molecule has 2 rings (SSSR count). The smallest absolute Gasteiger partial charge is 0.263 e. The van der Waals surface area contributed by atoms with E-state index >= 15 is 0 Å². The summed E-state index contributed by atoms with van der Waals surface area (Å²) in [5.41, 5.74) is 1.02. The first-order chi connectivity index (χ1) is 9.94. The van der Waals surface area contributed by atoms with Gasteiger partial charge in [-0.2, -0.15) is 0 Å². The second-order valence-corrected chi connectivity index (χ2v) is 7.06. The zero-order valence-electron chi connectivity index (χ0n) is 11.7. The summed E-state index contributed by atoms with van der Waals surface area (Å²) < 4.78 is 27.7. The second-order valence-electron chi connectivity index (χ2n) is 4.52. The fraction of sp³-hybridized carbons (Fsp3) is 0.214. The molecule has 0 radical (unpaired) electrons. The van der Waals surface area contributed by atoms with Crippen LogP contribution in [-0.4, -0.2) is 20.4 Å². The van der Waals surface area contributed by atoms with E-state index in [1.807, 2.05) is 14.0 Å². The maximum atomic E-state index is 12.3. The molecule has 1 aromatic heterocycles. The lowest BCUT2D eigenvalue weighted by atomic mass is 10.1. The molecule has 0 spiro atoms. The highest BCUT2D eigenvalue weighted by molar-refractivity contribution is 9.10. The van der Waals surface area contributed by atoms with Crippen LogP contribution < -0.4 is 10.0 Å². The lowest BCUT2D eigenvalue weighted by Gasteiger charge is -2.12. The molecule has 1 unspecified atom stereocenters. The first kappa shape index (κ1) is 15.9. The summed E-state index contributed by atoms with van der Waals surface area (Å²) in [6, 6.07) is 10.4. The summed E-state index contributed by atoms with van der Waals surface area (Å²) in [6.07, 6.45) is 1.53. The van der Waals surface area contributed by atoms with Gasteiger partial charge in [-0.3, -0.25) is 4.72 Å². The number of rotatable bonds is 5. The molecule has 0 fully saturated rings. The van der Waals surface area contributed by atoms with E-state index in [0.29, 0.717) is 4.47 Å². The fourth-order valence-corrected chi connectivity index (χ4v) is 3.26. The van der Waals surface area contributed by atoms with Gasteiger partial charge in [0.25, 0.3) is 10.0 Å². The van der Waals surface area contributed by atoms with Crippen LogP contribution in [0.1, 0.15) is 18.5 Å². The monoisotopic (exact) mass is 369 g/mol. The van der Waals surface area contributed by atoms with Crippen LogP contribution in [0.4, 0.5) is 5.82 Å². The second kappa shape index (κ2) is 6.55. The van der Waals surface area contributed by atoms with Crippen LogP contribution in [0, 0.1) is 0 Å². The topological polar surface area (TPSA) is 71.1 Å². The maximum absolute atomic E-state index is 12.3. The van der Waals surface area contributed by atoms with Gasteiger partial charge in [-0.05, 0) is 59.7 Å². The van der Waals surface area contributed by atoms with Gasteiger partial charge in [-0.25, -0.2) is 13.4 Å². The minimum absolute atomic E-state index is 0.166. The molecule has 2 aromatic rings. The van der Waals surface area contributed by atoms with Crippen molar-refractivity contribution in [3.63, 3.8) is 0 Å². The van der Waals surface area contributed by atoms with Gasteiger partial charge in [0.05, 0.1) is 9.37 Å². The van der Waals surface area contributed by atoms with Crippen molar-refractivity contribution in [2.24, 2.45) is 0 Å². The molecule has 5 nitrogen and oxygen atoms in total. The third-order valence-electron chi connectivity index (χ3n) is 3.11. The first-order valence-electron chi connectivity index (χ1n) is 6.34. The van der Waals surface area contributed by atoms with Crippen LogP contribution in [-0.2, 0) is 10.0 Å². The van der Waals surface area contributed by atoms with Crippen molar-refractivity contribution >= 4 is 31.8 Å². The van der Waals surface area contributed by atoms with Crippen molar-refractivity contribution in [1.82, 2.24) is 10.3 Å². The largest absolute Gasteiger partial charge is 0.313 e. The molecular formula is C14H16BrN3O2S. The van der Waals surface area contributed by atoms with Gasteiger partial charge in [0, 0.05) is 12.2 Å². The Morgan fingerprint density at radius 3 is 2.43 bits per heavy atom. The van der Waals surface area contributed by atoms with Crippen LogP contribution in [0.15, 0.2) is 52.0 Å². The molecule has 0 aliphatic carbocycles. The zero-order chi connectivity index (χ0) is 15.5. The molecular weight excluding hydrogens is 354 g/mol. The highest BCUT2D eigenvalue weighted by atomic mass is 79.9. The van der Waals surface area contributed by atoms with Crippen LogP contribution in [0.2, 0.25) is 0 Å². The average molecular weight is 370 g/mol. The van der Waals surface area contributed by atoms with Crippen LogP contribution in [0.5, 0.6) is 0 Å². The summed E-state index contributed by atoms with van der Waals surface area (Å²) in [5.74, 6) is 0.269. The lowest BCUT2D eigenvalue weighted by molar-refractivity contribution is 0.600. The van der Waals surface area contributed by atoms with Crippen molar-refractivity contribution in [2.45, 2.75) is 17.9 Å². The number of nitrogens with zero attached hydrogens (tertiary/aromatic N) is 1. The normalized spacial score (nSPS) is 12.9. The van der Waals surface area contributed by atoms with Crippen molar-refractivity contribution in [1.29, 1.82) is 0 Å². The third kappa shape index (κ3) is 3.81. The van der Waals surface area contributed by atoms with E-state index in [2.05, 4.69) is 31.0 Å². The van der Waals surface area contributed by atoms with Gasteiger partial charge >= 0.3 is 0 Å². The molecule has 0 aliphatic rings. The minimum atomic E-state index is -3.65. The third-order valence-corrected chi connectivity index (χ3v) is 5.11. The number of anilines is 1. The highest BCUT2D eigenvalue weighted by Gasteiger charge is 2.16. The number of pyridine rings is 1. The number of hydrogen-bond donors (Lipinski definition) is 2. The quantitative estimate of drug-likeness (QED) is 0.849. The van der Waals surface area contributed by atoms with E-state index in [0.717, 1.165) is 5.56 Å². The Bertz CT molecular complexity index is 717. The van der Waals surface area contributed by atoms with Gasteiger partial charge in [0.2, 0.25) is 0 Å². The average Bonchev–Trinajstić information content (AvgIpc) is 2.49. The first-order valence-corrected chi connectivity index (χ1v) is 8.62. The molecule has 0 bridgehead atoms. The number of hydrogen-bond acceptors (Lipinski definition) is 4. The van der Waals surface area contributed by atoms with Gasteiger partial charge < -0.3 is 5.32 Å². The Kier molecular flexibility index (Phi) is 4.97. The number of nitrogens with one attached hydrogen (secondary N) is 2. The molecule has 1 aromatic carbocycles. The molecule has 1 heterocycles. The van der Waals surface area contributed by atoms with Crippen LogP contribution in [0.25, 0.3) is 0 Å². The highest BCUT2D eigenvalue weighted by Crippen LogP contribution is 2.23. The molecule has 0 saturated heterocycles. The van der Waals surface area contributed by atoms with Gasteiger partial charge in [-0.15, -0.1) is 0 Å². The predicted octanol–water partition coefficient (Wildman–Crippen LogP) is 2.93. The summed E-state index contributed by atoms with van der Waals surface area (Å²) in [5, 5.41) is 3.11. The van der Waals surface area contributed by atoms with E-state index in [9.17, 15) is 8.42 Å². The van der Waals surface area contributed by atoms with Crippen molar-refractivity contribution in [2.75, 3.05) is 11.8 Å². The molecule has 0 aliphatic heterocycles. The van der Waals surface area contributed by atoms with Crippen LogP contribution in [0.3, 0.4) is 0 Å². The number of benzene rings is 1. The Morgan fingerprint density at radius 2 is 1.86 bits per heavy atom. The van der Waals surface area contributed by atoms with E-state index in [1.165, 1.54) is 6.20 Å². The Hall–Kier alpha value is -1.44. The van der Waals surface area contributed by atoms with Gasteiger partial charge in [-0.1, -0.05) is 12.1 Å². The van der Waals surface area contributed by atoms with Gasteiger partial charge in [0.15, 0.2) is 5.82 Å². The Morgan fingerprint density at radius 1 is 1.19 bits per heavy atom. The SMILES string of the molecule is CNC(C)c1ccc(S(=O)(=O)Nc2ncccc2Br)cc1. The van der Waals surface area contributed by atoms with Crippen molar-refractivity contribution < 1.29 is 8.42 Å². The van der Waals surface area contributed by atoms with Gasteiger partial charge in [0.1, 0.15) is 0 Å². The van der Waals surface area contributed by atoms with E-state index in [1.54, 1.807) is 36.4 Å². The lowest BCUT2D eigenvalue weighted by Crippen LogP contribution is -2.15. The molecule has 0 amide bonds. The fourth-order valence-electron chi connectivity index (χ4n) is 1.75. The zero-order valence-corrected chi connectivity index (χ0v) is 14.1. The Labute approximate surface area is 133 Å². The predicted molar refractivity (Wildman–Crippen MR) is 86.7 cm³/mol. The molecule has 112 valence electrons. The molecule has 21 heavy (non-hydrogen) atoms. The summed E-state index contributed by atoms with van der Waals surface area (Å²) in [6.45, 7) is 2.01. The minimum Gasteiger partial charge on any atom is -0.313 e. The number of halogens is 1. The summed E-state index contributed by atoms with van der Waals surface area (Å²) in [7, 11) is -1.79. The van der Waals surface area contributed by atoms with Crippen molar-refractivity contribution in [3.05, 3.63) is 52.6 Å².